The molecule has 0 atom stereocenters. The van der Waals surface area contributed by atoms with E-state index >= 15 is 0 Å². The van der Waals surface area contributed by atoms with Gasteiger partial charge < -0.3 is 10.4 Å². The van der Waals surface area contributed by atoms with Crippen molar-refractivity contribution in [2.75, 3.05) is 11.9 Å². The van der Waals surface area contributed by atoms with Gasteiger partial charge in [0.05, 0.1) is 5.56 Å². The highest BCUT2D eigenvalue weighted by atomic mass is 16.4. The fraction of sp³-hybridized carbons (Fsp3) is 0.412. The highest BCUT2D eigenvalue weighted by molar-refractivity contribution is 6.06. The monoisotopic (exact) mass is 284 g/mol. The van der Waals surface area contributed by atoms with Gasteiger partial charge in [-0.05, 0) is 18.8 Å². The smallest absolute Gasteiger partial charge is 0.337 e. The zero-order valence-electron chi connectivity index (χ0n) is 12.0. The zero-order valence-corrected chi connectivity index (χ0v) is 12.0. The molecule has 1 aromatic heterocycles. The van der Waals surface area contributed by atoms with Crippen LogP contribution >= 0.6 is 0 Å². The number of carboxylic acid groups (broad SMARTS) is 1. The Balaban J connectivity index is 1.85. The fourth-order valence-corrected chi connectivity index (χ4v) is 3.14. The van der Waals surface area contributed by atoms with Gasteiger partial charge in [0.2, 0.25) is 0 Å². The number of nitrogens with zero attached hydrogens (tertiary/aromatic N) is 1. The average molecular weight is 284 g/mol. The van der Waals surface area contributed by atoms with E-state index in [1.165, 1.54) is 38.3 Å². The first-order chi connectivity index (χ1) is 10.3. The first-order valence-electron chi connectivity index (χ1n) is 7.60. The fourth-order valence-electron chi connectivity index (χ4n) is 3.14. The predicted octanol–water partition coefficient (Wildman–Crippen LogP) is 3.93. The Hall–Kier alpha value is -2.10. The Kier molecular flexibility index (Phi) is 4.04. The van der Waals surface area contributed by atoms with E-state index in [1.807, 2.05) is 24.3 Å². The van der Waals surface area contributed by atoms with E-state index in [0.717, 1.165) is 23.1 Å². The molecule has 1 fully saturated rings. The molecule has 1 aromatic carbocycles. The van der Waals surface area contributed by atoms with Crippen LogP contribution in [0.2, 0.25) is 0 Å². The second-order valence-corrected chi connectivity index (χ2v) is 5.76. The third-order valence-corrected chi connectivity index (χ3v) is 4.31. The summed E-state index contributed by atoms with van der Waals surface area (Å²) in [6.07, 6.45) is 7.99. The third kappa shape index (κ3) is 2.99. The summed E-state index contributed by atoms with van der Waals surface area (Å²) in [7, 11) is 0. The van der Waals surface area contributed by atoms with Crippen LogP contribution in [0, 0.1) is 5.92 Å². The number of carboxylic acids is 1. The summed E-state index contributed by atoms with van der Waals surface area (Å²) in [5, 5.41) is 14.3. The quantitative estimate of drug-likeness (QED) is 0.893. The van der Waals surface area contributed by atoms with Crippen molar-refractivity contribution in [3.63, 3.8) is 0 Å². The molecule has 21 heavy (non-hydrogen) atoms. The molecule has 1 heterocycles. The number of nitrogens with one attached hydrogen (secondary N) is 1. The van der Waals surface area contributed by atoms with E-state index in [1.54, 1.807) is 0 Å². The molecule has 0 radical (unpaired) electrons. The third-order valence-electron chi connectivity index (χ3n) is 4.31. The Morgan fingerprint density at radius 3 is 2.62 bits per heavy atom. The molecule has 0 saturated heterocycles. The Labute approximate surface area is 124 Å². The molecule has 1 aliphatic carbocycles. The first-order valence-corrected chi connectivity index (χ1v) is 7.60. The van der Waals surface area contributed by atoms with Crippen LogP contribution in [0.5, 0.6) is 0 Å². The normalized spacial score (nSPS) is 16.0. The number of aromatic carboxylic acids is 1. The highest BCUT2D eigenvalue weighted by Gasteiger charge is 2.15. The second kappa shape index (κ2) is 6.12. The minimum absolute atomic E-state index is 0.258. The maximum Gasteiger partial charge on any atom is 0.337 e. The summed E-state index contributed by atoms with van der Waals surface area (Å²) in [5.74, 6) is 0.567. The SMILES string of the molecule is O=C(O)c1cnc(NCC2CCCCC2)c2ccccc12. The molecular formula is C17H20N2O2. The second-order valence-electron chi connectivity index (χ2n) is 5.76. The van der Waals surface area contributed by atoms with Gasteiger partial charge in [-0.15, -0.1) is 0 Å². The number of pyridine rings is 1. The lowest BCUT2D eigenvalue weighted by Gasteiger charge is -2.22. The molecule has 0 unspecified atom stereocenters. The zero-order chi connectivity index (χ0) is 14.7. The topological polar surface area (TPSA) is 62.2 Å². The largest absolute Gasteiger partial charge is 0.478 e. The number of carbonyl (C=O) groups is 1. The van der Waals surface area contributed by atoms with Crippen LogP contribution in [0.4, 0.5) is 5.82 Å². The minimum atomic E-state index is -0.933. The summed E-state index contributed by atoms with van der Waals surface area (Å²) in [6, 6.07) is 7.55. The van der Waals surface area contributed by atoms with E-state index in [2.05, 4.69) is 10.3 Å². The van der Waals surface area contributed by atoms with Gasteiger partial charge in [0.15, 0.2) is 0 Å². The molecule has 0 spiro atoms. The Morgan fingerprint density at radius 1 is 1.19 bits per heavy atom. The van der Waals surface area contributed by atoms with Crippen LogP contribution in [0.1, 0.15) is 42.5 Å². The summed E-state index contributed by atoms with van der Waals surface area (Å²) in [5.41, 5.74) is 0.258. The van der Waals surface area contributed by atoms with Crippen LogP contribution in [0.25, 0.3) is 10.8 Å². The van der Waals surface area contributed by atoms with Gasteiger partial charge in [-0.25, -0.2) is 9.78 Å². The van der Waals surface area contributed by atoms with Gasteiger partial charge in [-0.1, -0.05) is 43.5 Å². The van der Waals surface area contributed by atoms with Crippen LogP contribution in [-0.4, -0.2) is 22.6 Å². The molecule has 1 saturated carbocycles. The summed E-state index contributed by atoms with van der Waals surface area (Å²) in [4.78, 5) is 15.6. The van der Waals surface area contributed by atoms with E-state index in [-0.39, 0.29) is 5.56 Å². The molecule has 0 amide bonds. The van der Waals surface area contributed by atoms with Crippen molar-refractivity contribution < 1.29 is 9.90 Å². The lowest BCUT2D eigenvalue weighted by atomic mass is 9.89. The van der Waals surface area contributed by atoms with Crippen molar-refractivity contribution in [2.24, 2.45) is 5.92 Å². The molecule has 110 valence electrons. The lowest BCUT2D eigenvalue weighted by Crippen LogP contribution is -2.18. The molecular weight excluding hydrogens is 264 g/mol. The molecule has 1 aliphatic rings. The molecule has 2 aromatic rings. The minimum Gasteiger partial charge on any atom is -0.478 e. The van der Waals surface area contributed by atoms with E-state index in [4.69, 9.17) is 0 Å². The number of benzene rings is 1. The average Bonchev–Trinajstić information content (AvgIpc) is 2.53. The Bertz CT molecular complexity index is 648. The standard InChI is InChI=1S/C17H20N2O2/c20-17(21)15-11-19-16(14-9-5-4-8-13(14)15)18-10-12-6-2-1-3-7-12/h4-5,8-9,11-12H,1-3,6-7,10H2,(H,18,19)(H,20,21). The molecule has 4 nitrogen and oxygen atoms in total. The Morgan fingerprint density at radius 2 is 1.90 bits per heavy atom. The number of hydrogen-bond donors (Lipinski definition) is 2. The molecule has 0 aliphatic heterocycles. The van der Waals surface area contributed by atoms with E-state index in [9.17, 15) is 9.90 Å². The van der Waals surface area contributed by atoms with Gasteiger partial charge >= 0.3 is 5.97 Å². The maximum absolute atomic E-state index is 11.3. The first kappa shape index (κ1) is 13.9. The number of anilines is 1. The number of aromatic nitrogens is 1. The van der Waals surface area contributed by atoms with E-state index in [0.29, 0.717) is 5.92 Å². The lowest BCUT2D eigenvalue weighted by molar-refractivity contribution is 0.0698. The molecule has 2 N–H and O–H groups in total. The van der Waals surface area contributed by atoms with Gasteiger partial charge in [0.1, 0.15) is 5.82 Å². The molecule has 0 bridgehead atoms. The van der Waals surface area contributed by atoms with Crippen molar-refractivity contribution in [2.45, 2.75) is 32.1 Å². The van der Waals surface area contributed by atoms with Crippen molar-refractivity contribution in [3.8, 4) is 0 Å². The van der Waals surface area contributed by atoms with Crippen LogP contribution in [0.15, 0.2) is 30.5 Å². The van der Waals surface area contributed by atoms with Gasteiger partial charge in [-0.3, -0.25) is 0 Å². The summed E-state index contributed by atoms with van der Waals surface area (Å²) >= 11 is 0. The maximum atomic E-state index is 11.3. The van der Waals surface area contributed by atoms with Crippen molar-refractivity contribution in [1.29, 1.82) is 0 Å². The van der Waals surface area contributed by atoms with Gasteiger partial charge in [0.25, 0.3) is 0 Å². The van der Waals surface area contributed by atoms with Gasteiger partial charge in [-0.2, -0.15) is 0 Å². The van der Waals surface area contributed by atoms with Crippen molar-refractivity contribution >= 4 is 22.6 Å². The van der Waals surface area contributed by atoms with Crippen molar-refractivity contribution in [1.82, 2.24) is 4.98 Å². The highest BCUT2D eigenvalue weighted by Crippen LogP contribution is 2.27. The summed E-state index contributed by atoms with van der Waals surface area (Å²) < 4.78 is 0. The van der Waals surface area contributed by atoms with Crippen LogP contribution < -0.4 is 5.32 Å². The van der Waals surface area contributed by atoms with Gasteiger partial charge in [0, 0.05) is 23.5 Å². The van der Waals surface area contributed by atoms with E-state index < -0.39 is 5.97 Å². The number of rotatable bonds is 4. The molecule has 4 heteroatoms. The number of hydrogen-bond acceptors (Lipinski definition) is 3. The van der Waals surface area contributed by atoms with Crippen molar-refractivity contribution in [3.05, 3.63) is 36.0 Å². The predicted molar refractivity (Wildman–Crippen MR) is 83.8 cm³/mol. The molecule has 3 rings (SSSR count). The summed E-state index contributed by atoms with van der Waals surface area (Å²) in [6.45, 7) is 0.920. The number of fused-ring (bicyclic) bond motifs is 1. The van der Waals surface area contributed by atoms with Crippen LogP contribution in [0.3, 0.4) is 0 Å². The van der Waals surface area contributed by atoms with Crippen LogP contribution in [-0.2, 0) is 0 Å².